The number of aliphatic hydroxyl groups excluding tert-OH is 1. The number of carbonyl (C=O) groups excluding carboxylic acids is 1. The summed E-state index contributed by atoms with van der Waals surface area (Å²) in [4.78, 5) is 18.1. The van der Waals surface area contributed by atoms with Gasteiger partial charge in [0.15, 0.2) is 12.0 Å². The molecule has 4 nitrogen and oxygen atoms in total. The SMILES string of the molecule is CC(=O)C1=C(C)c2cnc(Cl)cc2N(C2CCCC2)C1O. The van der Waals surface area contributed by atoms with Crippen molar-refractivity contribution in [2.45, 2.75) is 51.8 Å². The van der Waals surface area contributed by atoms with Crippen LogP contribution in [0, 0.1) is 0 Å². The Morgan fingerprint density at radius 2 is 2.10 bits per heavy atom. The lowest BCUT2D eigenvalue weighted by atomic mass is 9.91. The highest BCUT2D eigenvalue weighted by atomic mass is 35.5. The Balaban J connectivity index is 2.18. The molecule has 1 aromatic rings. The number of rotatable bonds is 2. The fourth-order valence-electron chi connectivity index (χ4n) is 3.56. The molecule has 1 aliphatic carbocycles. The molecule has 0 spiro atoms. The van der Waals surface area contributed by atoms with Gasteiger partial charge in [0, 0.05) is 23.4 Å². The number of anilines is 1. The minimum absolute atomic E-state index is 0.0939. The largest absolute Gasteiger partial charge is 0.369 e. The summed E-state index contributed by atoms with van der Waals surface area (Å²) in [6, 6.07) is 2.04. The van der Waals surface area contributed by atoms with Gasteiger partial charge in [-0.25, -0.2) is 4.98 Å². The van der Waals surface area contributed by atoms with Crippen molar-refractivity contribution in [1.82, 2.24) is 4.98 Å². The van der Waals surface area contributed by atoms with E-state index < -0.39 is 6.23 Å². The molecule has 0 radical (unpaired) electrons. The van der Waals surface area contributed by atoms with Crippen molar-refractivity contribution in [1.29, 1.82) is 0 Å². The number of aromatic nitrogens is 1. The predicted molar refractivity (Wildman–Crippen MR) is 83.3 cm³/mol. The maximum absolute atomic E-state index is 12.0. The van der Waals surface area contributed by atoms with Gasteiger partial charge in [-0.05, 0) is 38.3 Å². The minimum atomic E-state index is -0.892. The fraction of sp³-hybridized carbons (Fsp3) is 0.500. The molecule has 1 fully saturated rings. The van der Waals surface area contributed by atoms with Crippen LogP contribution in [0.4, 0.5) is 5.69 Å². The van der Waals surface area contributed by atoms with E-state index in [9.17, 15) is 9.90 Å². The second-order valence-electron chi connectivity index (χ2n) is 5.84. The summed E-state index contributed by atoms with van der Waals surface area (Å²) in [6.45, 7) is 3.36. The lowest BCUT2D eigenvalue weighted by Gasteiger charge is -2.41. The summed E-state index contributed by atoms with van der Waals surface area (Å²) in [7, 11) is 0. The molecule has 5 heteroatoms. The standard InChI is InChI=1S/C16H19ClN2O2/c1-9-12-8-18-14(17)7-13(12)19(11-5-3-4-6-11)16(21)15(9)10(2)20/h7-8,11,16,21H,3-6H2,1-2H3. The van der Waals surface area contributed by atoms with E-state index in [2.05, 4.69) is 4.98 Å². The smallest absolute Gasteiger partial charge is 0.160 e. The molecular weight excluding hydrogens is 288 g/mol. The van der Waals surface area contributed by atoms with Crippen molar-refractivity contribution in [3.63, 3.8) is 0 Å². The summed E-state index contributed by atoms with van der Waals surface area (Å²) in [5.74, 6) is -0.0939. The van der Waals surface area contributed by atoms with E-state index in [1.165, 1.54) is 6.92 Å². The maximum atomic E-state index is 12.0. The van der Waals surface area contributed by atoms with E-state index in [-0.39, 0.29) is 11.8 Å². The van der Waals surface area contributed by atoms with Crippen LogP contribution in [0.3, 0.4) is 0 Å². The zero-order valence-corrected chi connectivity index (χ0v) is 13.0. The molecule has 2 heterocycles. The highest BCUT2D eigenvalue weighted by Gasteiger charge is 2.37. The van der Waals surface area contributed by atoms with E-state index in [4.69, 9.17) is 11.6 Å². The highest BCUT2D eigenvalue weighted by molar-refractivity contribution is 6.29. The third-order valence-electron chi connectivity index (χ3n) is 4.55. The van der Waals surface area contributed by atoms with Crippen LogP contribution in [0.1, 0.15) is 45.1 Å². The molecule has 1 atom stereocenters. The van der Waals surface area contributed by atoms with E-state index in [1.807, 2.05) is 11.8 Å². The van der Waals surface area contributed by atoms with Gasteiger partial charge >= 0.3 is 0 Å². The van der Waals surface area contributed by atoms with Crippen molar-refractivity contribution < 1.29 is 9.90 Å². The number of carbonyl (C=O) groups is 1. The molecule has 0 amide bonds. The van der Waals surface area contributed by atoms with Crippen LogP contribution in [-0.4, -0.2) is 28.1 Å². The van der Waals surface area contributed by atoms with E-state index in [0.717, 1.165) is 42.5 Å². The van der Waals surface area contributed by atoms with Gasteiger partial charge in [-0.2, -0.15) is 0 Å². The molecule has 112 valence electrons. The molecule has 1 unspecified atom stereocenters. The Bertz CT molecular complexity index is 621. The average Bonchev–Trinajstić information content (AvgIpc) is 2.91. The molecule has 1 aromatic heterocycles. The van der Waals surface area contributed by atoms with E-state index in [1.54, 1.807) is 12.3 Å². The minimum Gasteiger partial charge on any atom is -0.369 e. The first-order chi connectivity index (χ1) is 10.0. The molecular formula is C16H19ClN2O2. The first kappa shape index (κ1) is 14.5. The van der Waals surface area contributed by atoms with Crippen molar-refractivity contribution in [2.24, 2.45) is 0 Å². The maximum Gasteiger partial charge on any atom is 0.160 e. The Kier molecular flexibility index (Phi) is 3.76. The quantitative estimate of drug-likeness (QED) is 0.853. The van der Waals surface area contributed by atoms with Crippen LogP contribution in [0.2, 0.25) is 5.15 Å². The third kappa shape index (κ3) is 2.36. The van der Waals surface area contributed by atoms with Crippen molar-refractivity contribution in [3.05, 3.63) is 28.6 Å². The molecule has 0 saturated heterocycles. The van der Waals surface area contributed by atoms with Gasteiger partial charge in [-0.3, -0.25) is 4.79 Å². The van der Waals surface area contributed by atoms with Gasteiger partial charge in [0.2, 0.25) is 0 Å². The van der Waals surface area contributed by atoms with Gasteiger partial charge in [0.05, 0.1) is 5.69 Å². The monoisotopic (exact) mass is 306 g/mol. The predicted octanol–water partition coefficient (Wildman–Crippen LogP) is 3.18. The summed E-state index contributed by atoms with van der Waals surface area (Å²) in [5.41, 5.74) is 3.04. The number of pyridine rings is 1. The highest BCUT2D eigenvalue weighted by Crippen LogP contribution is 2.42. The lowest BCUT2D eigenvalue weighted by molar-refractivity contribution is -0.114. The average molecular weight is 307 g/mol. The number of nitrogens with zero attached hydrogens (tertiary/aromatic N) is 2. The number of fused-ring (bicyclic) bond motifs is 1. The molecule has 2 aliphatic rings. The number of hydrogen-bond acceptors (Lipinski definition) is 4. The normalized spacial score (nSPS) is 22.7. The number of allylic oxidation sites excluding steroid dienone is 1. The van der Waals surface area contributed by atoms with Crippen molar-refractivity contribution in [2.75, 3.05) is 4.90 Å². The number of aliphatic hydroxyl groups is 1. The van der Waals surface area contributed by atoms with Crippen LogP contribution in [-0.2, 0) is 4.79 Å². The van der Waals surface area contributed by atoms with Gasteiger partial charge in [0.25, 0.3) is 0 Å². The second-order valence-corrected chi connectivity index (χ2v) is 6.23. The Labute approximate surface area is 129 Å². The number of halogens is 1. The molecule has 0 bridgehead atoms. The van der Waals surface area contributed by atoms with Crippen molar-refractivity contribution >= 4 is 28.6 Å². The molecule has 0 aromatic carbocycles. The molecule has 21 heavy (non-hydrogen) atoms. The summed E-state index contributed by atoms with van der Waals surface area (Å²) < 4.78 is 0. The Morgan fingerprint density at radius 3 is 2.71 bits per heavy atom. The van der Waals surface area contributed by atoms with Gasteiger partial charge in [0.1, 0.15) is 5.15 Å². The van der Waals surface area contributed by atoms with E-state index in [0.29, 0.717) is 10.7 Å². The topological polar surface area (TPSA) is 53.4 Å². The van der Waals surface area contributed by atoms with Crippen LogP contribution in [0.5, 0.6) is 0 Å². The second kappa shape index (κ2) is 5.43. The van der Waals surface area contributed by atoms with Crippen LogP contribution in [0.15, 0.2) is 17.8 Å². The van der Waals surface area contributed by atoms with Crippen molar-refractivity contribution in [3.8, 4) is 0 Å². The molecule has 3 rings (SSSR count). The third-order valence-corrected chi connectivity index (χ3v) is 4.76. The van der Waals surface area contributed by atoms with Gasteiger partial charge < -0.3 is 10.0 Å². The molecule has 1 N–H and O–H groups in total. The zero-order valence-electron chi connectivity index (χ0n) is 12.3. The Morgan fingerprint density at radius 1 is 1.43 bits per heavy atom. The Hall–Kier alpha value is -1.39. The summed E-state index contributed by atoms with van der Waals surface area (Å²) in [5, 5.41) is 11.2. The van der Waals surface area contributed by atoms with E-state index >= 15 is 0 Å². The summed E-state index contributed by atoms with van der Waals surface area (Å²) >= 11 is 6.04. The number of ketones is 1. The molecule has 1 saturated carbocycles. The first-order valence-electron chi connectivity index (χ1n) is 7.34. The summed E-state index contributed by atoms with van der Waals surface area (Å²) in [6.07, 6.45) is 5.17. The molecule has 1 aliphatic heterocycles. The fourth-order valence-corrected chi connectivity index (χ4v) is 3.71. The van der Waals surface area contributed by atoms with Gasteiger partial charge in [-0.1, -0.05) is 24.4 Å². The van der Waals surface area contributed by atoms with Crippen LogP contribution < -0.4 is 4.90 Å². The lowest BCUT2D eigenvalue weighted by Crippen LogP contribution is -2.47. The van der Waals surface area contributed by atoms with Crippen LogP contribution >= 0.6 is 11.6 Å². The van der Waals surface area contributed by atoms with Crippen LogP contribution in [0.25, 0.3) is 5.57 Å². The zero-order chi connectivity index (χ0) is 15.1. The number of Topliss-reactive ketones (excluding diaryl/α,β-unsaturated/α-hetero) is 1. The number of hydrogen-bond donors (Lipinski definition) is 1. The van der Waals surface area contributed by atoms with Gasteiger partial charge in [-0.15, -0.1) is 0 Å². The first-order valence-corrected chi connectivity index (χ1v) is 7.72.